The van der Waals surface area contributed by atoms with E-state index in [9.17, 15) is 9.59 Å². The molecule has 0 saturated heterocycles. The number of allylic oxidation sites excluding steroid dienone is 2. The van der Waals surface area contributed by atoms with Gasteiger partial charge >= 0.3 is 0 Å². The number of ether oxygens (including phenoxy) is 4. The van der Waals surface area contributed by atoms with Gasteiger partial charge in [0.05, 0.1) is 34.0 Å². The third-order valence-electron chi connectivity index (χ3n) is 4.99. The lowest BCUT2D eigenvalue weighted by Gasteiger charge is -2.22. The molecule has 0 spiro atoms. The summed E-state index contributed by atoms with van der Waals surface area (Å²) in [6, 6.07) is 10.1. The van der Waals surface area contributed by atoms with Crippen LogP contribution < -0.4 is 18.9 Å². The van der Waals surface area contributed by atoms with Gasteiger partial charge in [-0.3, -0.25) is 9.59 Å². The van der Waals surface area contributed by atoms with E-state index in [2.05, 4.69) is 20.8 Å². The van der Waals surface area contributed by atoms with Crippen LogP contribution >= 0.6 is 0 Å². The summed E-state index contributed by atoms with van der Waals surface area (Å²) >= 11 is 0. The number of Topliss-reactive ketones (excluding diaryl/α,β-unsaturated/α-hetero) is 2. The summed E-state index contributed by atoms with van der Waals surface area (Å²) in [5.41, 5.74) is 0.955. The van der Waals surface area contributed by atoms with Gasteiger partial charge in [-0.2, -0.15) is 0 Å². The first-order valence-electron chi connectivity index (χ1n) is 10.3. The molecule has 6 heteroatoms. The first kappa shape index (κ1) is 25.0. The maximum Gasteiger partial charge on any atom is 0.204 e. The summed E-state index contributed by atoms with van der Waals surface area (Å²) in [4.78, 5) is 27.9. The number of benzene rings is 2. The fourth-order valence-electron chi connectivity index (χ4n) is 3.77. The largest absolute Gasteiger partial charge is 0.496 e. The van der Waals surface area contributed by atoms with E-state index >= 15 is 0 Å². The Morgan fingerprint density at radius 1 is 0.688 bits per heavy atom. The van der Waals surface area contributed by atoms with Gasteiger partial charge in [0.15, 0.2) is 0 Å². The van der Waals surface area contributed by atoms with E-state index in [4.69, 9.17) is 18.9 Å². The summed E-state index contributed by atoms with van der Waals surface area (Å²) in [6.07, 6.45) is 0.536. The maximum atomic E-state index is 13.9. The first-order valence-corrected chi connectivity index (χ1v) is 10.3. The fraction of sp³-hybridized carbons (Fsp3) is 0.385. The van der Waals surface area contributed by atoms with Gasteiger partial charge in [0.1, 0.15) is 34.1 Å². The van der Waals surface area contributed by atoms with Gasteiger partial charge in [-0.05, 0) is 43.0 Å². The topological polar surface area (TPSA) is 71.1 Å². The molecule has 0 amide bonds. The highest BCUT2D eigenvalue weighted by Crippen LogP contribution is 2.37. The molecular weight excluding hydrogens is 408 g/mol. The van der Waals surface area contributed by atoms with Crippen LogP contribution in [0.5, 0.6) is 23.0 Å². The molecule has 32 heavy (non-hydrogen) atoms. The van der Waals surface area contributed by atoms with Crippen LogP contribution in [0.25, 0.3) is 0 Å². The molecule has 0 bridgehead atoms. The lowest BCUT2D eigenvalue weighted by atomic mass is 9.82. The predicted molar refractivity (Wildman–Crippen MR) is 125 cm³/mol. The van der Waals surface area contributed by atoms with Crippen LogP contribution in [0.1, 0.15) is 54.8 Å². The number of ketones is 2. The number of methoxy groups -OCH3 is 4. The Morgan fingerprint density at radius 3 is 1.25 bits per heavy atom. The van der Waals surface area contributed by atoms with E-state index < -0.39 is 11.6 Å². The molecule has 0 unspecified atom stereocenters. The number of hydrogen-bond acceptors (Lipinski definition) is 6. The number of rotatable bonds is 9. The average Bonchev–Trinajstić information content (AvgIpc) is 2.76. The van der Waals surface area contributed by atoms with E-state index in [-0.39, 0.29) is 22.1 Å². The second-order valence-electron chi connectivity index (χ2n) is 8.63. The third kappa shape index (κ3) is 5.31. The summed E-state index contributed by atoms with van der Waals surface area (Å²) < 4.78 is 21.7. The van der Waals surface area contributed by atoms with Crippen molar-refractivity contribution in [3.8, 4) is 23.0 Å². The highest BCUT2D eigenvalue weighted by Gasteiger charge is 2.32. The van der Waals surface area contributed by atoms with Crippen molar-refractivity contribution < 1.29 is 28.5 Å². The Hall–Kier alpha value is -3.28. The molecule has 2 rings (SSSR count). The molecule has 0 saturated carbocycles. The van der Waals surface area contributed by atoms with Crippen molar-refractivity contribution in [2.75, 3.05) is 28.4 Å². The Kier molecular flexibility index (Phi) is 8.08. The van der Waals surface area contributed by atoms with Crippen molar-refractivity contribution in [2.24, 2.45) is 5.41 Å². The van der Waals surface area contributed by atoms with Crippen molar-refractivity contribution in [2.45, 2.75) is 34.1 Å². The van der Waals surface area contributed by atoms with Gasteiger partial charge < -0.3 is 18.9 Å². The molecule has 0 aliphatic rings. The molecule has 0 aliphatic carbocycles. The minimum atomic E-state index is -0.473. The lowest BCUT2D eigenvalue weighted by molar-refractivity contribution is 0.0954. The summed E-state index contributed by atoms with van der Waals surface area (Å²) in [5, 5.41) is 0. The van der Waals surface area contributed by atoms with Crippen molar-refractivity contribution in [3.63, 3.8) is 0 Å². The van der Waals surface area contributed by atoms with Gasteiger partial charge in [0, 0.05) is 0 Å². The van der Waals surface area contributed by atoms with Crippen molar-refractivity contribution >= 4 is 11.6 Å². The minimum Gasteiger partial charge on any atom is -0.496 e. The minimum absolute atomic E-state index is 0.0468. The second kappa shape index (κ2) is 10.4. The normalized spacial score (nSPS) is 10.9. The summed E-state index contributed by atoms with van der Waals surface area (Å²) in [5.74, 6) is 0.369. The molecule has 2 aromatic carbocycles. The van der Waals surface area contributed by atoms with Gasteiger partial charge in [-0.1, -0.05) is 38.5 Å². The number of carbonyl (C=O) groups is 2. The van der Waals surface area contributed by atoms with Crippen LogP contribution in [-0.2, 0) is 0 Å². The van der Waals surface area contributed by atoms with E-state index in [1.54, 1.807) is 43.3 Å². The molecule has 6 nitrogen and oxygen atoms in total. The Labute approximate surface area is 190 Å². The first-order chi connectivity index (χ1) is 15.1. The van der Waals surface area contributed by atoms with E-state index in [0.717, 1.165) is 0 Å². The predicted octanol–water partition coefficient (Wildman–Crippen LogP) is 5.54. The average molecular weight is 441 g/mol. The van der Waals surface area contributed by atoms with Crippen LogP contribution in [0.3, 0.4) is 0 Å². The van der Waals surface area contributed by atoms with Crippen molar-refractivity contribution in [1.29, 1.82) is 0 Å². The molecular formula is C26H32O6. The van der Waals surface area contributed by atoms with E-state index in [0.29, 0.717) is 35.0 Å². The standard InChI is InChI=1S/C26H32O6/c1-16(15-26(2,3)4)21(24(27)22-17(29-5)11-9-12-18(22)30-6)25(28)23-19(31-7)13-10-14-20(23)32-8/h9-14H,15H2,1-8H3. The van der Waals surface area contributed by atoms with Gasteiger partial charge in [0.2, 0.25) is 11.6 Å². The number of carbonyl (C=O) groups excluding carboxylic acids is 2. The highest BCUT2D eigenvalue weighted by atomic mass is 16.5. The van der Waals surface area contributed by atoms with Crippen LogP contribution in [-0.4, -0.2) is 40.0 Å². The Balaban J connectivity index is 2.82. The zero-order valence-electron chi connectivity index (χ0n) is 20.1. The van der Waals surface area contributed by atoms with Crippen LogP contribution in [0.4, 0.5) is 0 Å². The molecule has 0 fully saturated rings. The Morgan fingerprint density at radius 2 is 1.00 bits per heavy atom. The third-order valence-corrected chi connectivity index (χ3v) is 4.99. The van der Waals surface area contributed by atoms with E-state index in [1.165, 1.54) is 28.4 Å². The van der Waals surface area contributed by atoms with E-state index in [1.807, 2.05) is 0 Å². The van der Waals surface area contributed by atoms with Gasteiger partial charge in [0.25, 0.3) is 0 Å². The molecule has 0 heterocycles. The molecule has 172 valence electrons. The lowest BCUT2D eigenvalue weighted by Crippen LogP contribution is -2.20. The zero-order chi connectivity index (χ0) is 24.1. The maximum absolute atomic E-state index is 13.9. The van der Waals surface area contributed by atoms with Crippen molar-refractivity contribution in [1.82, 2.24) is 0 Å². The van der Waals surface area contributed by atoms with Crippen LogP contribution in [0.2, 0.25) is 0 Å². The van der Waals surface area contributed by atoms with Crippen molar-refractivity contribution in [3.05, 3.63) is 58.7 Å². The number of hydrogen-bond donors (Lipinski definition) is 0. The van der Waals surface area contributed by atoms with Crippen LogP contribution in [0.15, 0.2) is 47.5 Å². The summed E-state index contributed by atoms with van der Waals surface area (Å²) in [7, 11) is 5.90. The highest BCUT2D eigenvalue weighted by molar-refractivity contribution is 6.33. The molecule has 0 atom stereocenters. The SMILES string of the molecule is COc1cccc(OC)c1C(=O)C(C(=O)c1c(OC)cccc1OC)=C(C)CC(C)(C)C. The summed E-state index contributed by atoms with van der Waals surface area (Å²) in [6.45, 7) is 7.96. The molecule has 2 aromatic rings. The van der Waals surface area contributed by atoms with Crippen LogP contribution in [0, 0.1) is 5.41 Å². The monoisotopic (exact) mass is 440 g/mol. The molecule has 0 N–H and O–H groups in total. The Bertz CT molecular complexity index is 913. The fourth-order valence-corrected chi connectivity index (χ4v) is 3.77. The van der Waals surface area contributed by atoms with Gasteiger partial charge in [-0.15, -0.1) is 0 Å². The van der Waals surface area contributed by atoms with Gasteiger partial charge in [-0.25, -0.2) is 0 Å². The quantitative estimate of drug-likeness (QED) is 0.221. The zero-order valence-corrected chi connectivity index (χ0v) is 20.1. The smallest absolute Gasteiger partial charge is 0.204 e. The second-order valence-corrected chi connectivity index (χ2v) is 8.63. The molecule has 0 aromatic heterocycles. The molecule has 0 aliphatic heterocycles. The molecule has 0 radical (unpaired) electrons.